The van der Waals surface area contributed by atoms with Gasteiger partial charge in [-0.2, -0.15) is 4.98 Å². The van der Waals surface area contributed by atoms with E-state index in [0.29, 0.717) is 11.6 Å². The molecule has 0 amide bonds. The van der Waals surface area contributed by atoms with Crippen LogP contribution in [0.5, 0.6) is 0 Å². The van der Waals surface area contributed by atoms with Crippen molar-refractivity contribution in [3.05, 3.63) is 83.9 Å². The van der Waals surface area contributed by atoms with Crippen molar-refractivity contribution in [1.82, 2.24) is 10.1 Å². The van der Waals surface area contributed by atoms with Gasteiger partial charge < -0.3 is 13.7 Å². The predicted octanol–water partition coefficient (Wildman–Crippen LogP) is 5.23. The minimum atomic E-state index is -0.422. The van der Waals surface area contributed by atoms with Gasteiger partial charge in [-0.25, -0.2) is 0 Å². The van der Waals surface area contributed by atoms with E-state index in [1.807, 2.05) is 73.7 Å². The third-order valence-corrected chi connectivity index (χ3v) is 5.01. The minimum Gasteiger partial charge on any atom is -0.460 e. The van der Waals surface area contributed by atoms with Gasteiger partial charge in [-0.1, -0.05) is 59.8 Å². The zero-order chi connectivity index (χ0) is 20.5. The van der Waals surface area contributed by atoms with Gasteiger partial charge in [0.25, 0.3) is 5.89 Å². The first-order chi connectivity index (χ1) is 14.7. The summed E-state index contributed by atoms with van der Waals surface area (Å²) in [6.07, 6.45) is 0.0296. The monoisotopic (exact) mass is 398 g/mol. The van der Waals surface area contributed by atoms with Crippen LogP contribution in [0.2, 0.25) is 0 Å². The van der Waals surface area contributed by atoms with Crippen LogP contribution in [-0.2, 0) is 22.6 Å². The molecule has 0 saturated carbocycles. The smallest absolute Gasteiger partial charge is 0.313 e. The van der Waals surface area contributed by atoms with Crippen LogP contribution < -0.4 is 0 Å². The van der Waals surface area contributed by atoms with Gasteiger partial charge in [-0.05, 0) is 35.4 Å². The van der Waals surface area contributed by atoms with Gasteiger partial charge in [0.05, 0.1) is 0 Å². The Bertz CT molecular complexity index is 1370. The van der Waals surface area contributed by atoms with Gasteiger partial charge in [0.2, 0.25) is 5.82 Å². The van der Waals surface area contributed by atoms with E-state index in [-0.39, 0.29) is 18.9 Å². The van der Waals surface area contributed by atoms with Crippen molar-refractivity contribution in [1.29, 1.82) is 0 Å². The molecular weight excluding hydrogens is 380 g/mol. The van der Waals surface area contributed by atoms with Crippen molar-refractivity contribution in [3.63, 3.8) is 0 Å². The number of carbonyl (C=O) groups is 1. The molecule has 0 spiro atoms. The lowest BCUT2D eigenvalue weighted by Crippen LogP contribution is -2.07. The number of aryl methyl sites for hydroxylation is 1. The summed E-state index contributed by atoms with van der Waals surface area (Å²) in [6, 6.07) is 21.6. The number of furan rings is 1. The molecule has 3 aromatic carbocycles. The Labute approximate surface area is 172 Å². The van der Waals surface area contributed by atoms with Gasteiger partial charge in [0, 0.05) is 10.9 Å². The lowest BCUT2D eigenvalue weighted by atomic mass is 10.1. The van der Waals surface area contributed by atoms with Gasteiger partial charge >= 0.3 is 5.97 Å². The molecule has 148 valence electrons. The molecule has 0 aliphatic heterocycles. The highest BCUT2D eigenvalue weighted by Gasteiger charge is 2.15. The van der Waals surface area contributed by atoms with Crippen LogP contribution in [0.4, 0.5) is 0 Å². The summed E-state index contributed by atoms with van der Waals surface area (Å²) in [4.78, 5) is 16.6. The van der Waals surface area contributed by atoms with Crippen molar-refractivity contribution in [2.75, 3.05) is 0 Å². The maximum absolute atomic E-state index is 12.3. The number of rotatable bonds is 5. The van der Waals surface area contributed by atoms with Crippen molar-refractivity contribution in [2.45, 2.75) is 20.0 Å². The molecule has 0 aliphatic rings. The molecule has 0 fully saturated rings. The van der Waals surface area contributed by atoms with Crippen molar-refractivity contribution in [3.8, 4) is 11.4 Å². The molecule has 5 aromatic rings. The van der Waals surface area contributed by atoms with Crippen LogP contribution >= 0.6 is 0 Å². The highest BCUT2D eigenvalue weighted by atomic mass is 16.6. The summed E-state index contributed by atoms with van der Waals surface area (Å²) in [6.45, 7) is 1.89. The topological polar surface area (TPSA) is 78.4 Å². The quantitative estimate of drug-likeness (QED) is 0.377. The lowest BCUT2D eigenvalue weighted by molar-refractivity contribution is -0.145. The first-order valence-corrected chi connectivity index (χ1v) is 9.62. The fourth-order valence-corrected chi connectivity index (χ4v) is 3.51. The number of hydrogen-bond donors (Lipinski definition) is 0. The SMILES string of the molecule is Cc1ccccc1-c1noc(COC(=O)Cc2cc3c(ccc4ccccc43)o2)n1. The average molecular weight is 398 g/mol. The summed E-state index contributed by atoms with van der Waals surface area (Å²) < 4.78 is 16.3. The van der Waals surface area contributed by atoms with Gasteiger partial charge in [-0.3, -0.25) is 4.79 Å². The molecule has 2 aromatic heterocycles. The van der Waals surface area contributed by atoms with Crippen LogP contribution in [0, 0.1) is 6.92 Å². The second kappa shape index (κ2) is 7.48. The maximum atomic E-state index is 12.3. The Morgan fingerprint density at radius 3 is 2.73 bits per heavy atom. The zero-order valence-corrected chi connectivity index (χ0v) is 16.3. The Kier molecular flexibility index (Phi) is 4.52. The first-order valence-electron chi connectivity index (χ1n) is 9.62. The first kappa shape index (κ1) is 18.1. The van der Waals surface area contributed by atoms with E-state index < -0.39 is 5.97 Å². The second-order valence-electron chi connectivity index (χ2n) is 7.08. The highest BCUT2D eigenvalue weighted by molar-refractivity contribution is 6.06. The number of fused-ring (bicyclic) bond motifs is 3. The summed E-state index contributed by atoms with van der Waals surface area (Å²) in [5.74, 6) is 0.854. The number of nitrogens with zero attached hydrogens (tertiary/aromatic N) is 2. The molecule has 6 nitrogen and oxygen atoms in total. The fourth-order valence-electron chi connectivity index (χ4n) is 3.51. The van der Waals surface area contributed by atoms with Crippen LogP contribution in [-0.4, -0.2) is 16.1 Å². The number of hydrogen-bond acceptors (Lipinski definition) is 6. The Morgan fingerprint density at radius 2 is 1.83 bits per heavy atom. The molecule has 0 aliphatic carbocycles. The number of aromatic nitrogens is 2. The molecule has 0 unspecified atom stereocenters. The Morgan fingerprint density at radius 1 is 1.00 bits per heavy atom. The third-order valence-electron chi connectivity index (χ3n) is 5.01. The van der Waals surface area contributed by atoms with E-state index in [0.717, 1.165) is 32.9 Å². The van der Waals surface area contributed by atoms with E-state index in [2.05, 4.69) is 10.1 Å². The van der Waals surface area contributed by atoms with Gasteiger partial charge in [0.1, 0.15) is 17.8 Å². The summed E-state index contributed by atoms with van der Waals surface area (Å²) in [7, 11) is 0. The molecule has 0 atom stereocenters. The number of benzene rings is 3. The van der Waals surface area contributed by atoms with E-state index in [1.54, 1.807) is 0 Å². The van der Waals surface area contributed by atoms with Crippen LogP contribution in [0.15, 0.2) is 75.7 Å². The normalized spacial score (nSPS) is 11.2. The Balaban J connectivity index is 1.27. The molecule has 30 heavy (non-hydrogen) atoms. The van der Waals surface area contributed by atoms with Gasteiger partial charge in [0.15, 0.2) is 6.61 Å². The summed E-state index contributed by atoms with van der Waals surface area (Å²) in [5.41, 5.74) is 2.67. The zero-order valence-electron chi connectivity index (χ0n) is 16.3. The minimum absolute atomic E-state index is 0.0296. The molecule has 5 rings (SSSR count). The van der Waals surface area contributed by atoms with E-state index in [1.165, 1.54) is 0 Å². The summed E-state index contributed by atoms with van der Waals surface area (Å²) in [5, 5.41) is 7.17. The second-order valence-corrected chi connectivity index (χ2v) is 7.08. The molecule has 0 bridgehead atoms. The lowest BCUT2D eigenvalue weighted by Gasteiger charge is -2.00. The molecule has 0 N–H and O–H groups in total. The van der Waals surface area contributed by atoms with E-state index >= 15 is 0 Å². The van der Waals surface area contributed by atoms with E-state index in [9.17, 15) is 4.79 Å². The van der Waals surface area contributed by atoms with Crippen molar-refractivity contribution in [2.24, 2.45) is 0 Å². The molecule has 0 saturated heterocycles. The fraction of sp³-hybridized carbons (Fsp3) is 0.125. The number of esters is 1. The largest absolute Gasteiger partial charge is 0.460 e. The third kappa shape index (κ3) is 3.43. The van der Waals surface area contributed by atoms with Crippen molar-refractivity contribution >= 4 is 27.7 Å². The predicted molar refractivity (Wildman–Crippen MR) is 112 cm³/mol. The maximum Gasteiger partial charge on any atom is 0.313 e. The highest BCUT2D eigenvalue weighted by Crippen LogP contribution is 2.28. The molecule has 6 heteroatoms. The van der Waals surface area contributed by atoms with Crippen LogP contribution in [0.3, 0.4) is 0 Å². The molecule has 2 heterocycles. The van der Waals surface area contributed by atoms with Crippen LogP contribution in [0.1, 0.15) is 17.2 Å². The van der Waals surface area contributed by atoms with Crippen molar-refractivity contribution < 1.29 is 18.5 Å². The Hall–Kier alpha value is -3.93. The molecular formula is C24H18N2O4. The average Bonchev–Trinajstić information content (AvgIpc) is 3.39. The molecule has 0 radical (unpaired) electrons. The summed E-state index contributed by atoms with van der Waals surface area (Å²) >= 11 is 0. The van der Waals surface area contributed by atoms with Crippen LogP contribution in [0.25, 0.3) is 33.1 Å². The van der Waals surface area contributed by atoms with E-state index in [4.69, 9.17) is 13.7 Å². The van der Waals surface area contributed by atoms with Gasteiger partial charge in [-0.15, -0.1) is 0 Å². The number of ether oxygens (including phenoxy) is 1. The standard InChI is InChI=1S/C24H18N2O4/c1-15-6-2-4-8-18(15)24-25-22(30-26-24)14-28-23(27)13-17-12-20-19-9-5-3-7-16(19)10-11-21(20)29-17/h2-12H,13-14H2,1H3. The number of carbonyl (C=O) groups excluding carboxylic acids is 1.